The first-order valence-electron chi connectivity index (χ1n) is 9.55. The minimum atomic E-state index is -3.95. The number of benzene rings is 1. The van der Waals surface area contributed by atoms with E-state index in [0.29, 0.717) is 5.69 Å². The van der Waals surface area contributed by atoms with Gasteiger partial charge in [-0.05, 0) is 19.1 Å². The first-order valence-corrected chi connectivity index (χ1v) is 11.9. The molecule has 166 valence electrons. The molecule has 1 aromatic heterocycles. The second kappa shape index (κ2) is 9.98. The van der Waals surface area contributed by atoms with Crippen molar-refractivity contribution < 1.29 is 27.5 Å². The van der Waals surface area contributed by atoms with Crippen LogP contribution in [-0.2, 0) is 35.6 Å². The molecule has 1 aliphatic heterocycles. The summed E-state index contributed by atoms with van der Waals surface area (Å²) < 4.78 is 31.9. The Labute approximate surface area is 183 Å². The van der Waals surface area contributed by atoms with Crippen LogP contribution >= 0.6 is 11.3 Å². The molecule has 0 saturated carbocycles. The Balaban J connectivity index is 1.69. The van der Waals surface area contributed by atoms with Gasteiger partial charge in [-0.15, -0.1) is 11.3 Å². The van der Waals surface area contributed by atoms with Crippen LogP contribution in [0.25, 0.3) is 0 Å². The van der Waals surface area contributed by atoms with Gasteiger partial charge in [0.25, 0.3) is 0 Å². The predicted molar refractivity (Wildman–Crippen MR) is 113 cm³/mol. The van der Waals surface area contributed by atoms with Crippen molar-refractivity contribution in [3.05, 3.63) is 41.4 Å². The zero-order valence-corrected chi connectivity index (χ0v) is 18.4. The maximum Gasteiger partial charge on any atom is 0.311 e. The van der Waals surface area contributed by atoms with Gasteiger partial charge in [0.1, 0.15) is 6.04 Å². The van der Waals surface area contributed by atoms with Gasteiger partial charge in [0.2, 0.25) is 21.8 Å². The Bertz CT molecular complexity index is 1050. The fraction of sp³-hybridized carbons (Fsp3) is 0.368. The van der Waals surface area contributed by atoms with Gasteiger partial charge < -0.3 is 15.4 Å². The summed E-state index contributed by atoms with van der Waals surface area (Å²) in [5, 5.41) is 7.03. The van der Waals surface area contributed by atoms with Crippen molar-refractivity contribution in [1.29, 1.82) is 0 Å². The van der Waals surface area contributed by atoms with E-state index in [9.17, 15) is 22.8 Å². The fourth-order valence-electron chi connectivity index (χ4n) is 3.06. The number of piperazine rings is 1. The normalized spacial score (nSPS) is 17.1. The largest absolute Gasteiger partial charge is 0.466 e. The average molecular weight is 467 g/mol. The molecule has 1 aromatic carbocycles. The second-order valence-electron chi connectivity index (χ2n) is 6.61. The molecule has 31 heavy (non-hydrogen) atoms. The number of hydrogen-bond donors (Lipinski definition) is 2. The quantitative estimate of drug-likeness (QED) is 0.549. The highest BCUT2D eigenvalue weighted by Gasteiger charge is 2.39. The summed E-state index contributed by atoms with van der Waals surface area (Å²) >= 11 is 1.12. The minimum absolute atomic E-state index is 0.0195. The molecule has 0 spiro atoms. The number of rotatable bonds is 8. The molecule has 2 heterocycles. The average Bonchev–Trinajstić information content (AvgIpc) is 3.16. The van der Waals surface area contributed by atoms with Crippen molar-refractivity contribution in [2.45, 2.75) is 30.7 Å². The van der Waals surface area contributed by atoms with Gasteiger partial charge in [0.05, 0.1) is 30.0 Å². The molecule has 10 nitrogen and oxygen atoms in total. The van der Waals surface area contributed by atoms with Crippen LogP contribution in [0.2, 0.25) is 0 Å². The van der Waals surface area contributed by atoms with Crippen molar-refractivity contribution in [2.24, 2.45) is 0 Å². The molecule has 0 bridgehead atoms. The lowest BCUT2D eigenvalue weighted by Gasteiger charge is -2.33. The number of amides is 2. The van der Waals surface area contributed by atoms with E-state index in [-0.39, 0.29) is 42.6 Å². The van der Waals surface area contributed by atoms with Gasteiger partial charge >= 0.3 is 5.97 Å². The Morgan fingerprint density at radius 1 is 1.32 bits per heavy atom. The zero-order chi connectivity index (χ0) is 22.4. The Morgan fingerprint density at radius 2 is 2.06 bits per heavy atom. The molecule has 3 rings (SSSR count). The maximum absolute atomic E-state index is 13.0. The Hall–Kier alpha value is -2.83. The standard InChI is InChI=1S/C19H22N4O6S2/c1-2-29-17(25)10-13-12-30-19(21-13)22-16(24)11-15-18(26)20-8-9-23(15)31(27,28)14-6-4-3-5-7-14/h3-7,12,15H,2,8-11H2,1H3,(H,20,26)(H,21,22,24). The molecule has 2 amide bonds. The maximum atomic E-state index is 13.0. The van der Waals surface area contributed by atoms with Gasteiger partial charge in [-0.25, -0.2) is 13.4 Å². The van der Waals surface area contributed by atoms with Crippen LogP contribution in [0.5, 0.6) is 0 Å². The number of aromatic nitrogens is 1. The lowest BCUT2D eigenvalue weighted by atomic mass is 10.1. The van der Waals surface area contributed by atoms with E-state index in [0.717, 1.165) is 15.6 Å². The van der Waals surface area contributed by atoms with Gasteiger partial charge in [-0.1, -0.05) is 18.2 Å². The third-order valence-electron chi connectivity index (χ3n) is 4.44. The topological polar surface area (TPSA) is 135 Å². The minimum Gasteiger partial charge on any atom is -0.466 e. The Kier molecular flexibility index (Phi) is 7.36. The highest BCUT2D eigenvalue weighted by Crippen LogP contribution is 2.22. The van der Waals surface area contributed by atoms with Crippen LogP contribution in [0, 0.1) is 0 Å². The Morgan fingerprint density at radius 3 is 2.77 bits per heavy atom. The molecule has 12 heteroatoms. The fourth-order valence-corrected chi connectivity index (χ4v) is 5.39. The number of ether oxygens (including phenoxy) is 1. The van der Waals surface area contributed by atoms with E-state index >= 15 is 0 Å². The van der Waals surface area contributed by atoms with Gasteiger partial charge in [0, 0.05) is 18.5 Å². The van der Waals surface area contributed by atoms with Crippen LogP contribution < -0.4 is 10.6 Å². The third kappa shape index (κ3) is 5.66. The number of thiazole rings is 1. The van der Waals surface area contributed by atoms with Crippen molar-refractivity contribution in [1.82, 2.24) is 14.6 Å². The summed E-state index contributed by atoms with van der Waals surface area (Å²) in [6.45, 7) is 2.18. The summed E-state index contributed by atoms with van der Waals surface area (Å²) in [5.41, 5.74) is 0.447. The number of nitrogens with zero attached hydrogens (tertiary/aromatic N) is 2. The van der Waals surface area contributed by atoms with Crippen LogP contribution in [0.4, 0.5) is 5.13 Å². The van der Waals surface area contributed by atoms with E-state index in [2.05, 4.69) is 15.6 Å². The number of carbonyl (C=O) groups is 3. The smallest absolute Gasteiger partial charge is 0.311 e. The van der Waals surface area contributed by atoms with Crippen molar-refractivity contribution in [2.75, 3.05) is 25.0 Å². The third-order valence-corrected chi connectivity index (χ3v) is 7.17. The van der Waals surface area contributed by atoms with Crippen molar-refractivity contribution in [3.63, 3.8) is 0 Å². The lowest BCUT2D eigenvalue weighted by Crippen LogP contribution is -2.57. The molecule has 0 radical (unpaired) electrons. The number of carbonyl (C=O) groups excluding carboxylic acids is 3. The SMILES string of the molecule is CCOC(=O)Cc1csc(NC(=O)CC2C(=O)NCCN2S(=O)(=O)c2ccccc2)n1. The van der Waals surface area contributed by atoms with E-state index < -0.39 is 33.8 Å². The monoisotopic (exact) mass is 466 g/mol. The molecule has 1 unspecified atom stereocenters. The molecule has 0 aliphatic carbocycles. The van der Waals surface area contributed by atoms with Crippen LogP contribution in [0.3, 0.4) is 0 Å². The van der Waals surface area contributed by atoms with Gasteiger partial charge in [-0.2, -0.15) is 4.31 Å². The van der Waals surface area contributed by atoms with E-state index in [1.54, 1.807) is 30.5 Å². The van der Waals surface area contributed by atoms with E-state index in [4.69, 9.17) is 4.74 Å². The van der Waals surface area contributed by atoms with E-state index in [1.165, 1.54) is 12.1 Å². The zero-order valence-electron chi connectivity index (χ0n) is 16.7. The molecule has 1 saturated heterocycles. The number of esters is 1. The van der Waals surface area contributed by atoms with E-state index in [1.807, 2.05) is 0 Å². The van der Waals surface area contributed by atoms with Gasteiger partial charge in [-0.3, -0.25) is 14.4 Å². The first-order chi connectivity index (χ1) is 14.8. The van der Waals surface area contributed by atoms with Crippen molar-refractivity contribution >= 4 is 44.3 Å². The second-order valence-corrected chi connectivity index (χ2v) is 9.36. The molecule has 1 fully saturated rings. The van der Waals surface area contributed by atoms with Crippen LogP contribution in [-0.4, -0.2) is 61.2 Å². The highest BCUT2D eigenvalue weighted by molar-refractivity contribution is 7.89. The first kappa shape index (κ1) is 22.8. The van der Waals surface area contributed by atoms with Crippen molar-refractivity contribution in [3.8, 4) is 0 Å². The summed E-state index contributed by atoms with van der Waals surface area (Å²) in [4.78, 5) is 40.7. The summed E-state index contributed by atoms with van der Waals surface area (Å²) in [7, 11) is -3.95. The summed E-state index contributed by atoms with van der Waals surface area (Å²) in [6.07, 6.45) is -0.390. The number of nitrogens with one attached hydrogen (secondary N) is 2. The molecule has 1 aliphatic rings. The molecular formula is C19H22N4O6S2. The summed E-state index contributed by atoms with van der Waals surface area (Å²) in [5.74, 6) is -1.53. The number of anilines is 1. The molecule has 2 N–H and O–H groups in total. The predicted octanol–water partition coefficient (Wildman–Crippen LogP) is 0.767. The lowest BCUT2D eigenvalue weighted by molar-refractivity contribution is -0.142. The highest BCUT2D eigenvalue weighted by atomic mass is 32.2. The molecular weight excluding hydrogens is 444 g/mol. The number of hydrogen-bond acceptors (Lipinski definition) is 8. The molecule has 2 aromatic rings. The van der Waals surface area contributed by atoms with Gasteiger partial charge in [0.15, 0.2) is 5.13 Å². The number of sulfonamides is 1. The summed E-state index contributed by atoms with van der Waals surface area (Å²) in [6, 6.07) is 6.58. The molecule has 1 atom stereocenters. The van der Waals surface area contributed by atoms with Crippen LogP contribution in [0.1, 0.15) is 19.0 Å². The van der Waals surface area contributed by atoms with Crippen LogP contribution in [0.15, 0.2) is 40.6 Å².